The van der Waals surface area contributed by atoms with Crippen molar-refractivity contribution in [3.05, 3.63) is 12.7 Å². The molecule has 0 aromatic rings. The molecule has 6 nitrogen and oxygen atoms in total. The van der Waals surface area contributed by atoms with Crippen LogP contribution in [-0.2, 0) is 9.59 Å². The summed E-state index contributed by atoms with van der Waals surface area (Å²) in [4.78, 5) is 21.7. The number of hydrogen-bond acceptors (Lipinski definition) is 4. The van der Waals surface area contributed by atoms with Crippen LogP contribution in [0, 0.1) is 0 Å². The molecule has 1 amide bonds. The number of carbonyl (C=O) groups excluding carboxylic acids is 1. The highest BCUT2D eigenvalue weighted by molar-refractivity contribution is 5.85. The Morgan fingerprint density at radius 3 is 2.53 bits per heavy atom. The molecule has 15 heavy (non-hydrogen) atoms. The van der Waals surface area contributed by atoms with Gasteiger partial charge in [-0.25, -0.2) is 4.79 Å². The molecule has 0 fully saturated rings. The minimum Gasteiger partial charge on any atom is -0.480 e. The molecular formula is C9H16N2O4. The van der Waals surface area contributed by atoms with Crippen LogP contribution in [0.5, 0.6) is 0 Å². The van der Waals surface area contributed by atoms with Crippen molar-refractivity contribution in [2.45, 2.75) is 19.1 Å². The monoisotopic (exact) mass is 216 g/mol. The predicted molar refractivity (Wildman–Crippen MR) is 54.3 cm³/mol. The van der Waals surface area contributed by atoms with Gasteiger partial charge in [0, 0.05) is 6.54 Å². The van der Waals surface area contributed by atoms with E-state index in [1.165, 1.54) is 6.92 Å². The molecule has 4 N–H and O–H groups in total. The van der Waals surface area contributed by atoms with Gasteiger partial charge in [-0.2, -0.15) is 0 Å². The third-order valence-corrected chi connectivity index (χ3v) is 1.64. The smallest absolute Gasteiger partial charge is 0.328 e. The number of hydrogen-bond donors (Lipinski definition) is 4. The van der Waals surface area contributed by atoms with Crippen molar-refractivity contribution < 1.29 is 19.8 Å². The normalized spacial score (nSPS) is 14.0. The summed E-state index contributed by atoms with van der Waals surface area (Å²) in [5.74, 6) is -1.74. The minimum atomic E-state index is -1.27. The molecule has 6 heteroatoms. The van der Waals surface area contributed by atoms with E-state index in [1.54, 1.807) is 6.08 Å². The van der Waals surface area contributed by atoms with Gasteiger partial charge in [0.15, 0.2) is 6.04 Å². The van der Waals surface area contributed by atoms with E-state index in [0.717, 1.165) is 0 Å². The Morgan fingerprint density at radius 2 is 2.13 bits per heavy atom. The highest BCUT2D eigenvalue weighted by Gasteiger charge is 2.24. The van der Waals surface area contributed by atoms with Crippen molar-refractivity contribution in [1.29, 1.82) is 0 Å². The van der Waals surface area contributed by atoms with Gasteiger partial charge in [0.05, 0.1) is 12.6 Å². The molecule has 0 bridgehead atoms. The molecule has 2 atom stereocenters. The van der Waals surface area contributed by atoms with E-state index in [1.807, 2.05) is 0 Å². The molecule has 0 heterocycles. The van der Waals surface area contributed by atoms with Crippen molar-refractivity contribution in [3.8, 4) is 0 Å². The molecule has 0 saturated carbocycles. The molecular weight excluding hydrogens is 200 g/mol. The van der Waals surface area contributed by atoms with Gasteiger partial charge in [-0.05, 0) is 6.92 Å². The number of carbonyl (C=O) groups is 2. The number of carboxylic acids is 1. The van der Waals surface area contributed by atoms with Crippen LogP contribution in [0.15, 0.2) is 12.7 Å². The molecule has 86 valence electrons. The summed E-state index contributed by atoms with van der Waals surface area (Å²) in [6.07, 6.45) is 0.447. The Kier molecular flexibility index (Phi) is 6.32. The maximum atomic E-state index is 11.2. The molecule has 0 rings (SSSR count). The second kappa shape index (κ2) is 6.97. The van der Waals surface area contributed by atoms with Crippen LogP contribution in [0.3, 0.4) is 0 Å². The lowest BCUT2D eigenvalue weighted by molar-refractivity contribution is -0.144. The maximum absolute atomic E-state index is 11.2. The number of aliphatic hydroxyl groups excluding tert-OH is 1. The first-order valence-corrected chi connectivity index (χ1v) is 4.51. The highest BCUT2D eigenvalue weighted by atomic mass is 16.4. The quantitative estimate of drug-likeness (QED) is 0.313. The summed E-state index contributed by atoms with van der Waals surface area (Å²) >= 11 is 0. The third-order valence-electron chi connectivity index (χ3n) is 1.64. The fraction of sp³-hybridized carbons (Fsp3) is 0.556. The zero-order valence-corrected chi connectivity index (χ0v) is 8.56. The Bertz CT molecular complexity index is 240. The molecule has 0 aromatic carbocycles. The zero-order chi connectivity index (χ0) is 11.8. The summed E-state index contributed by atoms with van der Waals surface area (Å²) in [7, 11) is 0. The van der Waals surface area contributed by atoms with Crippen molar-refractivity contribution in [1.82, 2.24) is 10.6 Å². The van der Waals surface area contributed by atoms with Gasteiger partial charge in [0.25, 0.3) is 0 Å². The molecule has 0 spiro atoms. The summed E-state index contributed by atoms with van der Waals surface area (Å²) < 4.78 is 0. The SMILES string of the molecule is C=CCNCC(=O)NC(C(=O)O)C(C)O. The number of aliphatic hydroxyl groups is 1. The Balaban J connectivity index is 4.00. The zero-order valence-electron chi connectivity index (χ0n) is 8.56. The topological polar surface area (TPSA) is 98.7 Å². The maximum Gasteiger partial charge on any atom is 0.328 e. The van der Waals surface area contributed by atoms with Crippen molar-refractivity contribution in [3.63, 3.8) is 0 Å². The van der Waals surface area contributed by atoms with Crippen LogP contribution >= 0.6 is 0 Å². The lowest BCUT2D eigenvalue weighted by atomic mass is 10.2. The fourth-order valence-corrected chi connectivity index (χ4v) is 0.901. The second-order valence-corrected chi connectivity index (χ2v) is 3.04. The third kappa shape index (κ3) is 5.82. The van der Waals surface area contributed by atoms with E-state index in [4.69, 9.17) is 10.2 Å². The van der Waals surface area contributed by atoms with Crippen LogP contribution < -0.4 is 10.6 Å². The highest BCUT2D eigenvalue weighted by Crippen LogP contribution is 1.92. The number of amides is 1. The second-order valence-electron chi connectivity index (χ2n) is 3.04. The first-order valence-electron chi connectivity index (χ1n) is 4.51. The van der Waals surface area contributed by atoms with Crippen LogP contribution in [0.4, 0.5) is 0 Å². The first kappa shape index (κ1) is 13.6. The van der Waals surface area contributed by atoms with Crippen LogP contribution in [0.25, 0.3) is 0 Å². The van der Waals surface area contributed by atoms with E-state index in [9.17, 15) is 9.59 Å². The average Bonchev–Trinajstić information content (AvgIpc) is 2.13. The van der Waals surface area contributed by atoms with E-state index in [2.05, 4.69) is 17.2 Å². The summed E-state index contributed by atoms with van der Waals surface area (Å²) in [6, 6.07) is -1.27. The number of nitrogens with one attached hydrogen (secondary N) is 2. The number of rotatable bonds is 7. The Morgan fingerprint density at radius 1 is 1.53 bits per heavy atom. The lowest BCUT2D eigenvalue weighted by Crippen LogP contribution is -2.50. The minimum absolute atomic E-state index is 0.0114. The molecule has 0 aromatic heterocycles. The standard InChI is InChI=1S/C9H16N2O4/c1-3-4-10-5-7(13)11-8(6(2)12)9(14)15/h3,6,8,10,12H,1,4-5H2,2H3,(H,11,13)(H,14,15). The van der Waals surface area contributed by atoms with Gasteiger partial charge >= 0.3 is 5.97 Å². The Labute approximate surface area is 88.0 Å². The van der Waals surface area contributed by atoms with E-state index in [0.29, 0.717) is 6.54 Å². The van der Waals surface area contributed by atoms with Crippen LogP contribution in [-0.4, -0.2) is 47.3 Å². The molecule has 2 unspecified atom stereocenters. The lowest BCUT2D eigenvalue weighted by Gasteiger charge is -2.16. The molecule has 0 aliphatic heterocycles. The van der Waals surface area contributed by atoms with E-state index >= 15 is 0 Å². The summed E-state index contributed by atoms with van der Waals surface area (Å²) in [5, 5.41) is 22.6. The van der Waals surface area contributed by atoms with Gasteiger partial charge < -0.3 is 20.8 Å². The van der Waals surface area contributed by atoms with Crippen molar-refractivity contribution in [2.75, 3.05) is 13.1 Å². The van der Waals surface area contributed by atoms with E-state index in [-0.39, 0.29) is 6.54 Å². The van der Waals surface area contributed by atoms with Gasteiger partial charge in [0.1, 0.15) is 0 Å². The van der Waals surface area contributed by atoms with Gasteiger partial charge in [0.2, 0.25) is 5.91 Å². The average molecular weight is 216 g/mol. The van der Waals surface area contributed by atoms with Crippen LogP contribution in [0.2, 0.25) is 0 Å². The summed E-state index contributed by atoms with van der Waals surface area (Å²) in [6.45, 7) is 5.20. The van der Waals surface area contributed by atoms with Crippen molar-refractivity contribution in [2.24, 2.45) is 0 Å². The molecule has 0 aliphatic rings. The van der Waals surface area contributed by atoms with E-state index < -0.39 is 24.0 Å². The predicted octanol–water partition coefficient (Wildman–Crippen LogP) is -1.29. The first-order chi connectivity index (χ1) is 6.99. The van der Waals surface area contributed by atoms with Crippen molar-refractivity contribution >= 4 is 11.9 Å². The van der Waals surface area contributed by atoms with Gasteiger partial charge in [-0.15, -0.1) is 6.58 Å². The van der Waals surface area contributed by atoms with Crippen LogP contribution in [0.1, 0.15) is 6.92 Å². The summed E-state index contributed by atoms with van der Waals surface area (Å²) in [5.41, 5.74) is 0. The fourth-order valence-electron chi connectivity index (χ4n) is 0.901. The van der Waals surface area contributed by atoms with Gasteiger partial charge in [-0.3, -0.25) is 4.79 Å². The molecule has 0 radical (unpaired) electrons. The largest absolute Gasteiger partial charge is 0.480 e. The molecule has 0 aliphatic carbocycles. The number of carboxylic acid groups (broad SMARTS) is 1. The number of aliphatic carboxylic acids is 1. The Hall–Kier alpha value is -1.40. The van der Waals surface area contributed by atoms with Gasteiger partial charge in [-0.1, -0.05) is 6.08 Å². The molecule has 0 saturated heterocycles.